The molecule has 2 rings (SSSR count). The lowest BCUT2D eigenvalue weighted by molar-refractivity contribution is -0.121. The van der Waals surface area contributed by atoms with Crippen LogP contribution in [0.2, 0.25) is 0 Å². The Hall–Kier alpha value is -1.62. The Morgan fingerprint density at radius 2 is 2.00 bits per heavy atom. The van der Waals surface area contributed by atoms with Gasteiger partial charge in [0.25, 0.3) is 0 Å². The molecule has 0 aliphatic carbocycles. The number of amides is 1. The van der Waals surface area contributed by atoms with Crippen molar-refractivity contribution in [2.45, 2.75) is 52.5 Å². The van der Waals surface area contributed by atoms with Gasteiger partial charge in [-0.1, -0.05) is 26.7 Å². The van der Waals surface area contributed by atoms with Crippen molar-refractivity contribution < 1.29 is 4.79 Å². The molecule has 0 unspecified atom stereocenters. The maximum absolute atomic E-state index is 12.1. The Kier molecular flexibility index (Phi) is 6.19. The highest BCUT2D eigenvalue weighted by Crippen LogP contribution is 2.18. The SMILES string of the molecule is CC(C)CCC[C@H](C)NC(=O)Cc1cnc(-n2cccc2)s1. The molecule has 2 heterocycles. The minimum absolute atomic E-state index is 0.0831. The molecule has 1 amide bonds. The maximum Gasteiger partial charge on any atom is 0.225 e. The van der Waals surface area contributed by atoms with Gasteiger partial charge in [0.15, 0.2) is 5.13 Å². The Bertz CT molecular complexity index is 575. The molecular weight excluding hydrogens is 294 g/mol. The van der Waals surface area contributed by atoms with Crippen LogP contribution in [0, 0.1) is 5.92 Å². The van der Waals surface area contributed by atoms with Crippen molar-refractivity contribution in [1.29, 1.82) is 0 Å². The average molecular weight is 319 g/mol. The standard InChI is InChI=1S/C17H25N3OS/c1-13(2)7-6-8-14(3)19-16(21)11-15-12-18-17(22-15)20-9-4-5-10-20/h4-5,9-10,12-14H,6-8,11H2,1-3H3,(H,19,21)/t14-/m0/s1. The summed E-state index contributed by atoms with van der Waals surface area (Å²) >= 11 is 1.56. The normalized spacial score (nSPS) is 12.5. The molecule has 1 N–H and O–H groups in total. The van der Waals surface area contributed by atoms with Gasteiger partial charge < -0.3 is 9.88 Å². The van der Waals surface area contributed by atoms with E-state index in [1.54, 1.807) is 17.5 Å². The lowest BCUT2D eigenvalue weighted by atomic mass is 10.0. The molecular formula is C17H25N3OS. The van der Waals surface area contributed by atoms with Crippen LogP contribution in [0.4, 0.5) is 0 Å². The number of carbonyl (C=O) groups is 1. The summed E-state index contributed by atoms with van der Waals surface area (Å²) in [5, 5.41) is 3.98. The molecule has 0 aromatic carbocycles. The van der Waals surface area contributed by atoms with Crippen molar-refractivity contribution in [3.63, 3.8) is 0 Å². The predicted molar refractivity (Wildman–Crippen MR) is 91.4 cm³/mol. The number of carbonyl (C=O) groups excluding carboxylic acids is 1. The third-order valence-corrected chi connectivity index (χ3v) is 4.54. The number of nitrogens with zero attached hydrogens (tertiary/aromatic N) is 2. The van der Waals surface area contributed by atoms with Crippen LogP contribution in [0.5, 0.6) is 0 Å². The van der Waals surface area contributed by atoms with Crippen LogP contribution in [0.15, 0.2) is 30.7 Å². The average Bonchev–Trinajstić information content (AvgIpc) is 3.07. The van der Waals surface area contributed by atoms with E-state index in [1.165, 1.54) is 6.42 Å². The molecule has 4 nitrogen and oxygen atoms in total. The van der Waals surface area contributed by atoms with Gasteiger partial charge in [0.2, 0.25) is 5.91 Å². The topological polar surface area (TPSA) is 46.9 Å². The molecule has 0 aliphatic heterocycles. The lowest BCUT2D eigenvalue weighted by Crippen LogP contribution is -2.33. The summed E-state index contributed by atoms with van der Waals surface area (Å²) in [5.74, 6) is 0.812. The minimum atomic E-state index is 0.0831. The molecule has 0 bridgehead atoms. The van der Waals surface area contributed by atoms with Gasteiger partial charge in [-0.05, 0) is 31.4 Å². The molecule has 0 saturated carbocycles. The molecule has 1 atom stereocenters. The highest BCUT2D eigenvalue weighted by Gasteiger charge is 2.11. The highest BCUT2D eigenvalue weighted by molar-refractivity contribution is 7.14. The quantitative estimate of drug-likeness (QED) is 0.804. The Labute approximate surface area is 136 Å². The number of hydrogen-bond donors (Lipinski definition) is 1. The van der Waals surface area contributed by atoms with Crippen LogP contribution in [0.25, 0.3) is 5.13 Å². The number of thiazole rings is 1. The van der Waals surface area contributed by atoms with E-state index in [-0.39, 0.29) is 11.9 Å². The molecule has 0 fully saturated rings. The molecule has 5 heteroatoms. The van der Waals surface area contributed by atoms with Crippen LogP contribution in [-0.4, -0.2) is 21.5 Å². The Morgan fingerprint density at radius 3 is 2.68 bits per heavy atom. The van der Waals surface area contributed by atoms with Gasteiger partial charge in [-0.2, -0.15) is 0 Å². The van der Waals surface area contributed by atoms with Gasteiger partial charge in [-0.25, -0.2) is 4.98 Å². The number of aromatic nitrogens is 2. The second kappa shape index (κ2) is 8.13. The van der Waals surface area contributed by atoms with Crippen LogP contribution >= 0.6 is 11.3 Å². The summed E-state index contributed by atoms with van der Waals surface area (Å²) in [6.45, 7) is 6.54. The zero-order valence-corrected chi connectivity index (χ0v) is 14.4. The summed E-state index contributed by atoms with van der Waals surface area (Å²) in [6.07, 6.45) is 9.55. The summed E-state index contributed by atoms with van der Waals surface area (Å²) < 4.78 is 1.96. The van der Waals surface area contributed by atoms with Crippen molar-refractivity contribution in [1.82, 2.24) is 14.9 Å². The Balaban J connectivity index is 1.77. The summed E-state index contributed by atoms with van der Waals surface area (Å²) in [7, 11) is 0. The third kappa shape index (κ3) is 5.30. The van der Waals surface area contributed by atoms with Crippen LogP contribution in [0.3, 0.4) is 0 Å². The van der Waals surface area contributed by atoms with E-state index in [4.69, 9.17) is 0 Å². The molecule has 2 aromatic rings. The molecule has 22 heavy (non-hydrogen) atoms. The first-order valence-electron chi connectivity index (χ1n) is 7.92. The fraction of sp³-hybridized carbons (Fsp3) is 0.529. The minimum Gasteiger partial charge on any atom is -0.353 e. The first-order valence-corrected chi connectivity index (χ1v) is 8.73. The van der Waals surface area contributed by atoms with Crippen molar-refractivity contribution in [3.8, 4) is 5.13 Å². The van der Waals surface area contributed by atoms with Gasteiger partial charge >= 0.3 is 0 Å². The van der Waals surface area contributed by atoms with Crippen LogP contribution in [0.1, 0.15) is 44.9 Å². The van der Waals surface area contributed by atoms with Gasteiger partial charge in [0, 0.05) is 29.5 Å². The molecule has 2 aromatic heterocycles. The largest absolute Gasteiger partial charge is 0.353 e. The highest BCUT2D eigenvalue weighted by atomic mass is 32.1. The van der Waals surface area contributed by atoms with Crippen molar-refractivity contribution >= 4 is 17.2 Å². The van der Waals surface area contributed by atoms with Crippen molar-refractivity contribution in [2.24, 2.45) is 5.92 Å². The van der Waals surface area contributed by atoms with Crippen molar-refractivity contribution in [3.05, 3.63) is 35.6 Å². The first-order chi connectivity index (χ1) is 10.5. The third-order valence-electron chi connectivity index (χ3n) is 3.53. The number of rotatable bonds is 8. The fourth-order valence-corrected chi connectivity index (χ4v) is 3.22. The Morgan fingerprint density at radius 1 is 1.27 bits per heavy atom. The number of hydrogen-bond acceptors (Lipinski definition) is 3. The van der Waals surface area contributed by atoms with Crippen LogP contribution < -0.4 is 5.32 Å². The summed E-state index contributed by atoms with van der Waals surface area (Å²) in [4.78, 5) is 17.4. The summed E-state index contributed by atoms with van der Waals surface area (Å²) in [6, 6.07) is 4.17. The second-order valence-electron chi connectivity index (χ2n) is 6.17. The zero-order valence-electron chi connectivity index (χ0n) is 13.6. The van der Waals surface area contributed by atoms with Gasteiger partial charge in [-0.3, -0.25) is 4.79 Å². The van der Waals surface area contributed by atoms with E-state index >= 15 is 0 Å². The first kappa shape index (κ1) is 16.7. The monoisotopic (exact) mass is 319 g/mol. The molecule has 0 aliphatic rings. The maximum atomic E-state index is 12.1. The molecule has 0 radical (unpaired) electrons. The predicted octanol–water partition coefficient (Wildman–Crippen LogP) is 3.81. The molecule has 0 saturated heterocycles. The van der Waals surface area contributed by atoms with Crippen LogP contribution in [-0.2, 0) is 11.2 Å². The number of nitrogens with one attached hydrogen (secondary N) is 1. The molecule has 120 valence electrons. The van der Waals surface area contributed by atoms with Crippen molar-refractivity contribution in [2.75, 3.05) is 0 Å². The molecule has 0 spiro atoms. The smallest absolute Gasteiger partial charge is 0.225 e. The fourth-order valence-electron chi connectivity index (χ4n) is 2.35. The van der Waals surface area contributed by atoms with E-state index < -0.39 is 0 Å². The van der Waals surface area contributed by atoms with E-state index in [2.05, 4.69) is 31.1 Å². The van der Waals surface area contributed by atoms with E-state index in [0.717, 1.165) is 28.8 Å². The van der Waals surface area contributed by atoms with E-state index in [9.17, 15) is 4.79 Å². The zero-order chi connectivity index (χ0) is 15.9. The second-order valence-corrected chi connectivity index (χ2v) is 7.26. The van der Waals surface area contributed by atoms with Gasteiger partial charge in [0.1, 0.15) is 0 Å². The van der Waals surface area contributed by atoms with E-state index in [1.807, 2.05) is 29.1 Å². The summed E-state index contributed by atoms with van der Waals surface area (Å²) in [5.41, 5.74) is 0. The van der Waals surface area contributed by atoms with Gasteiger partial charge in [-0.15, -0.1) is 11.3 Å². The lowest BCUT2D eigenvalue weighted by Gasteiger charge is -2.14. The van der Waals surface area contributed by atoms with Gasteiger partial charge in [0.05, 0.1) is 6.42 Å². The van der Waals surface area contributed by atoms with E-state index in [0.29, 0.717) is 6.42 Å².